The van der Waals surface area contributed by atoms with Gasteiger partial charge in [0.2, 0.25) is 5.88 Å². The number of aromatic nitrogens is 2. The molecule has 0 aliphatic rings. The van der Waals surface area contributed by atoms with E-state index in [2.05, 4.69) is 12.0 Å². The molecule has 1 rings (SSSR count). The van der Waals surface area contributed by atoms with E-state index < -0.39 is 5.97 Å². The van der Waals surface area contributed by atoms with Crippen molar-refractivity contribution in [1.82, 2.24) is 9.78 Å². The number of hydrogen-bond donors (Lipinski definition) is 1. The molecule has 0 spiro atoms. The Morgan fingerprint density at radius 1 is 1.60 bits per heavy atom. The van der Waals surface area contributed by atoms with Gasteiger partial charge in [-0.15, -0.1) is 5.10 Å². The van der Waals surface area contributed by atoms with Crippen molar-refractivity contribution in [3.8, 4) is 5.88 Å². The minimum atomic E-state index is -0.981. The first-order valence-electron chi connectivity index (χ1n) is 4.95. The average Bonchev–Trinajstić information content (AvgIpc) is 2.52. The SMILES string of the molecule is CCCCc1c(C(=O)O)c(OC)nn1C. The van der Waals surface area contributed by atoms with Crippen molar-refractivity contribution >= 4 is 5.97 Å². The lowest BCUT2D eigenvalue weighted by Crippen LogP contribution is -2.05. The number of ether oxygens (including phenoxy) is 1. The molecule has 0 amide bonds. The van der Waals surface area contributed by atoms with Gasteiger partial charge in [-0.1, -0.05) is 13.3 Å². The highest BCUT2D eigenvalue weighted by Crippen LogP contribution is 2.22. The van der Waals surface area contributed by atoms with E-state index in [1.807, 2.05) is 0 Å². The van der Waals surface area contributed by atoms with Gasteiger partial charge in [0.15, 0.2) is 0 Å². The predicted molar refractivity (Wildman–Crippen MR) is 55.3 cm³/mol. The van der Waals surface area contributed by atoms with Gasteiger partial charge >= 0.3 is 5.97 Å². The zero-order valence-corrected chi connectivity index (χ0v) is 9.28. The number of carboxylic acid groups (broad SMARTS) is 1. The van der Waals surface area contributed by atoms with Gasteiger partial charge in [-0.25, -0.2) is 4.79 Å². The molecule has 1 N–H and O–H groups in total. The molecule has 0 saturated carbocycles. The number of carbonyl (C=O) groups is 1. The molecule has 1 aromatic rings. The van der Waals surface area contributed by atoms with Crippen molar-refractivity contribution in [3.63, 3.8) is 0 Å². The highest BCUT2D eigenvalue weighted by molar-refractivity contribution is 5.91. The molecule has 0 radical (unpaired) electrons. The van der Waals surface area contributed by atoms with Crippen molar-refractivity contribution in [1.29, 1.82) is 0 Å². The first-order chi connectivity index (χ1) is 7.11. The van der Waals surface area contributed by atoms with Gasteiger partial charge in [-0.3, -0.25) is 4.68 Å². The molecule has 0 unspecified atom stereocenters. The lowest BCUT2D eigenvalue weighted by atomic mass is 10.1. The summed E-state index contributed by atoms with van der Waals surface area (Å²) in [5, 5.41) is 13.1. The van der Waals surface area contributed by atoms with Crippen LogP contribution in [-0.4, -0.2) is 28.0 Å². The van der Waals surface area contributed by atoms with Gasteiger partial charge in [0.1, 0.15) is 5.56 Å². The van der Waals surface area contributed by atoms with Crippen molar-refractivity contribution in [2.24, 2.45) is 7.05 Å². The summed E-state index contributed by atoms with van der Waals surface area (Å²) >= 11 is 0. The summed E-state index contributed by atoms with van der Waals surface area (Å²) < 4.78 is 6.52. The number of carboxylic acids is 1. The van der Waals surface area contributed by atoms with Gasteiger partial charge in [-0.05, 0) is 12.8 Å². The molecule has 1 heterocycles. The summed E-state index contributed by atoms with van der Waals surface area (Å²) in [6.07, 6.45) is 2.68. The maximum atomic E-state index is 11.0. The summed E-state index contributed by atoms with van der Waals surface area (Å²) in [5.74, 6) is -0.790. The zero-order valence-electron chi connectivity index (χ0n) is 9.28. The molecule has 1 aromatic heterocycles. The number of unbranched alkanes of at least 4 members (excludes halogenated alkanes) is 1. The molecule has 0 aromatic carbocycles. The lowest BCUT2D eigenvalue weighted by molar-refractivity contribution is 0.0692. The van der Waals surface area contributed by atoms with E-state index in [0.717, 1.165) is 18.5 Å². The van der Waals surface area contributed by atoms with Gasteiger partial charge < -0.3 is 9.84 Å². The number of methoxy groups -OCH3 is 1. The lowest BCUT2D eigenvalue weighted by Gasteiger charge is -2.01. The normalized spacial score (nSPS) is 10.3. The highest BCUT2D eigenvalue weighted by Gasteiger charge is 2.22. The molecule has 84 valence electrons. The Labute approximate surface area is 88.7 Å². The molecule has 5 heteroatoms. The van der Waals surface area contributed by atoms with Crippen LogP contribution in [-0.2, 0) is 13.5 Å². The van der Waals surface area contributed by atoms with E-state index >= 15 is 0 Å². The Hall–Kier alpha value is -1.52. The topological polar surface area (TPSA) is 64.3 Å². The Morgan fingerprint density at radius 2 is 2.27 bits per heavy atom. The number of nitrogens with zero attached hydrogens (tertiary/aromatic N) is 2. The molecule has 0 aliphatic heterocycles. The van der Waals surface area contributed by atoms with Crippen molar-refractivity contribution in [3.05, 3.63) is 11.3 Å². The van der Waals surface area contributed by atoms with E-state index in [0.29, 0.717) is 6.42 Å². The molecule has 0 fully saturated rings. The van der Waals surface area contributed by atoms with Crippen LogP contribution in [0.1, 0.15) is 35.8 Å². The largest absolute Gasteiger partial charge is 0.479 e. The maximum Gasteiger partial charge on any atom is 0.343 e. The van der Waals surface area contributed by atoms with Crippen molar-refractivity contribution in [2.45, 2.75) is 26.2 Å². The molecule has 0 saturated heterocycles. The summed E-state index contributed by atoms with van der Waals surface area (Å²) in [7, 11) is 3.17. The van der Waals surface area contributed by atoms with E-state index in [9.17, 15) is 4.79 Å². The summed E-state index contributed by atoms with van der Waals surface area (Å²) in [6.45, 7) is 2.06. The van der Waals surface area contributed by atoms with E-state index in [-0.39, 0.29) is 11.4 Å². The van der Waals surface area contributed by atoms with Crippen LogP contribution in [0, 0.1) is 0 Å². The van der Waals surface area contributed by atoms with Crippen LogP contribution in [0.2, 0.25) is 0 Å². The van der Waals surface area contributed by atoms with Crippen LogP contribution in [0.25, 0.3) is 0 Å². The number of aryl methyl sites for hydroxylation is 1. The van der Waals surface area contributed by atoms with Gasteiger partial charge in [0.25, 0.3) is 0 Å². The molecule has 0 aliphatic carbocycles. The van der Waals surface area contributed by atoms with Crippen LogP contribution < -0.4 is 4.74 Å². The fourth-order valence-electron chi connectivity index (χ4n) is 1.52. The standard InChI is InChI=1S/C10H16N2O3/c1-4-5-6-7-8(10(13)14)9(15-3)11-12(7)2/h4-6H2,1-3H3,(H,13,14). The third-order valence-electron chi connectivity index (χ3n) is 2.31. The first-order valence-corrected chi connectivity index (χ1v) is 4.95. The second-order valence-corrected chi connectivity index (χ2v) is 3.36. The van der Waals surface area contributed by atoms with E-state index in [1.165, 1.54) is 7.11 Å². The third-order valence-corrected chi connectivity index (χ3v) is 2.31. The summed E-state index contributed by atoms with van der Waals surface area (Å²) in [5.41, 5.74) is 0.912. The third kappa shape index (κ3) is 2.29. The summed E-state index contributed by atoms with van der Waals surface area (Å²) in [6, 6.07) is 0. The molecule has 0 bridgehead atoms. The molecule has 0 atom stereocenters. The quantitative estimate of drug-likeness (QED) is 0.802. The van der Waals surface area contributed by atoms with Crippen LogP contribution in [0.4, 0.5) is 0 Å². The van der Waals surface area contributed by atoms with Crippen LogP contribution in [0.3, 0.4) is 0 Å². The van der Waals surface area contributed by atoms with Crippen molar-refractivity contribution < 1.29 is 14.6 Å². The highest BCUT2D eigenvalue weighted by atomic mass is 16.5. The Bertz CT molecular complexity index is 358. The Balaban J connectivity index is 3.10. The van der Waals surface area contributed by atoms with Crippen LogP contribution in [0.5, 0.6) is 5.88 Å². The maximum absolute atomic E-state index is 11.0. The number of rotatable bonds is 5. The molecular formula is C10H16N2O3. The van der Waals surface area contributed by atoms with Gasteiger partial charge in [0.05, 0.1) is 12.8 Å². The molecular weight excluding hydrogens is 196 g/mol. The number of hydrogen-bond acceptors (Lipinski definition) is 3. The van der Waals surface area contributed by atoms with E-state index in [1.54, 1.807) is 11.7 Å². The average molecular weight is 212 g/mol. The minimum absolute atomic E-state index is 0.188. The minimum Gasteiger partial charge on any atom is -0.479 e. The Kier molecular flexibility index (Phi) is 3.71. The monoisotopic (exact) mass is 212 g/mol. The number of aromatic carboxylic acids is 1. The molecule has 5 nitrogen and oxygen atoms in total. The second kappa shape index (κ2) is 4.82. The second-order valence-electron chi connectivity index (χ2n) is 3.36. The van der Waals surface area contributed by atoms with Gasteiger partial charge in [-0.2, -0.15) is 0 Å². The van der Waals surface area contributed by atoms with E-state index in [4.69, 9.17) is 9.84 Å². The Morgan fingerprint density at radius 3 is 2.73 bits per heavy atom. The summed E-state index contributed by atoms with van der Waals surface area (Å²) in [4.78, 5) is 11.0. The fourth-order valence-corrected chi connectivity index (χ4v) is 1.52. The molecule has 15 heavy (non-hydrogen) atoms. The fraction of sp³-hybridized carbons (Fsp3) is 0.600. The van der Waals surface area contributed by atoms with Gasteiger partial charge in [0, 0.05) is 7.05 Å². The van der Waals surface area contributed by atoms with Crippen molar-refractivity contribution in [2.75, 3.05) is 7.11 Å². The predicted octanol–water partition coefficient (Wildman–Crippen LogP) is 1.47. The van der Waals surface area contributed by atoms with Crippen LogP contribution in [0.15, 0.2) is 0 Å². The van der Waals surface area contributed by atoms with Crippen LogP contribution >= 0.6 is 0 Å². The smallest absolute Gasteiger partial charge is 0.343 e. The first kappa shape index (κ1) is 11.6. The zero-order chi connectivity index (χ0) is 11.4.